The summed E-state index contributed by atoms with van der Waals surface area (Å²) in [5, 5.41) is 12.7. The molecule has 5 heteroatoms. The largest absolute Gasteiger partial charge is 0.399 e. The van der Waals surface area contributed by atoms with Gasteiger partial charge in [0.05, 0.1) is 5.60 Å². The van der Waals surface area contributed by atoms with E-state index in [4.69, 9.17) is 5.73 Å². The number of benzene rings is 1. The molecule has 1 aliphatic rings. The van der Waals surface area contributed by atoms with Crippen LogP contribution in [0.25, 0.3) is 0 Å². The van der Waals surface area contributed by atoms with Gasteiger partial charge in [-0.25, -0.2) is 8.78 Å². The first-order valence-electron chi connectivity index (χ1n) is 5.71. The number of aliphatic hydroxyl groups is 1. The van der Waals surface area contributed by atoms with Crippen molar-refractivity contribution in [3.63, 3.8) is 0 Å². The third-order valence-electron chi connectivity index (χ3n) is 3.19. The highest BCUT2D eigenvalue weighted by atomic mass is 19.1. The van der Waals surface area contributed by atoms with Crippen LogP contribution in [0.5, 0.6) is 0 Å². The van der Waals surface area contributed by atoms with Crippen LogP contribution < -0.4 is 11.1 Å². The summed E-state index contributed by atoms with van der Waals surface area (Å²) in [5.41, 5.74) is 4.29. The van der Waals surface area contributed by atoms with Crippen LogP contribution in [0.1, 0.15) is 25.7 Å². The molecule has 2 rings (SSSR count). The normalized spacial score (nSPS) is 18.3. The molecule has 0 bridgehead atoms. The zero-order valence-corrected chi connectivity index (χ0v) is 9.47. The summed E-state index contributed by atoms with van der Waals surface area (Å²) in [4.78, 5) is 0. The van der Waals surface area contributed by atoms with E-state index in [2.05, 4.69) is 5.32 Å². The van der Waals surface area contributed by atoms with Crippen LogP contribution in [0.2, 0.25) is 0 Å². The Morgan fingerprint density at radius 1 is 1.24 bits per heavy atom. The molecule has 0 heterocycles. The smallest absolute Gasteiger partial charge is 0.151 e. The number of nitrogen functional groups attached to an aromatic ring is 1. The summed E-state index contributed by atoms with van der Waals surface area (Å²) in [6.07, 6.45) is 3.23. The average Bonchev–Trinajstić information content (AvgIpc) is 2.64. The number of rotatable bonds is 3. The molecule has 0 unspecified atom stereocenters. The van der Waals surface area contributed by atoms with Crippen molar-refractivity contribution in [3.8, 4) is 0 Å². The molecule has 1 aromatic carbocycles. The van der Waals surface area contributed by atoms with Gasteiger partial charge in [-0.3, -0.25) is 0 Å². The fraction of sp³-hybridized carbons (Fsp3) is 0.500. The highest BCUT2D eigenvalue weighted by Crippen LogP contribution is 2.30. The third-order valence-corrected chi connectivity index (χ3v) is 3.19. The Bertz CT molecular complexity index is 394. The predicted octanol–water partition coefficient (Wildman–Crippen LogP) is 2.26. The zero-order chi connectivity index (χ0) is 12.5. The molecule has 1 aromatic rings. The second-order valence-corrected chi connectivity index (χ2v) is 4.64. The SMILES string of the molecule is Nc1cc(F)c(NCC2(O)CCCC2)c(F)c1. The van der Waals surface area contributed by atoms with Crippen LogP contribution in [0.4, 0.5) is 20.2 Å². The van der Waals surface area contributed by atoms with E-state index in [1.807, 2.05) is 0 Å². The van der Waals surface area contributed by atoms with Crippen LogP contribution in [-0.4, -0.2) is 17.3 Å². The average molecular weight is 242 g/mol. The van der Waals surface area contributed by atoms with Crippen molar-refractivity contribution < 1.29 is 13.9 Å². The number of halogens is 2. The number of nitrogens with two attached hydrogens (primary N) is 1. The molecule has 0 spiro atoms. The molecule has 1 fully saturated rings. The molecule has 3 nitrogen and oxygen atoms in total. The Morgan fingerprint density at radius 3 is 2.29 bits per heavy atom. The van der Waals surface area contributed by atoms with E-state index in [9.17, 15) is 13.9 Å². The summed E-state index contributed by atoms with van der Waals surface area (Å²) in [6.45, 7) is 0.157. The minimum atomic E-state index is -0.847. The van der Waals surface area contributed by atoms with Gasteiger partial charge in [-0.15, -0.1) is 0 Å². The molecular weight excluding hydrogens is 226 g/mol. The first kappa shape index (κ1) is 12.1. The second-order valence-electron chi connectivity index (χ2n) is 4.64. The van der Waals surface area contributed by atoms with Crippen LogP contribution in [0, 0.1) is 11.6 Å². The van der Waals surface area contributed by atoms with Gasteiger partial charge in [0.15, 0.2) is 11.6 Å². The molecule has 0 aromatic heterocycles. The number of nitrogens with one attached hydrogen (secondary N) is 1. The first-order valence-corrected chi connectivity index (χ1v) is 5.71. The standard InChI is InChI=1S/C12H16F2N2O/c13-9-5-8(15)6-10(14)11(9)16-7-12(17)3-1-2-4-12/h5-6,16-17H,1-4,7,15H2. The topological polar surface area (TPSA) is 58.3 Å². The Morgan fingerprint density at radius 2 is 1.76 bits per heavy atom. The van der Waals surface area contributed by atoms with Crippen molar-refractivity contribution in [2.75, 3.05) is 17.6 Å². The van der Waals surface area contributed by atoms with E-state index >= 15 is 0 Å². The van der Waals surface area contributed by atoms with Crippen molar-refractivity contribution in [3.05, 3.63) is 23.8 Å². The van der Waals surface area contributed by atoms with Gasteiger partial charge in [-0.1, -0.05) is 12.8 Å². The maximum absolute atomic E-state index is 13.4. The summed E-state index contributed by atoms with van der Waals surface area (Å²) in [5.74, 6) is -1.46. The lowest BCUT2D eigenvalue weighted by Crippen LogP contribution is -2.33. The zero-order valence-electron chi connectivity index (χ0n) is 9.47. The monoisotopic (exact) mass is 242 g/mol. The molecule has 0 saturated heterocycles. The van der Waals surface area contributed by atoms with Gasteiger partial charge >= 0.3 is 0 Å². The molecule has 0 amide bonds. The van der Waals surface area contributed by atoms with Gasteiger partial charge in [0.25, 0.3) is 0 Å². The van der Waals surface area contributed by atoms with Crippen LogP contribution >= 0.6 is 0 Å². The maximum Gasteiger partial charge on any atom is 0.151 e. The lowest BCUT2D eigenvalue weighted by Gasteiger charge is -2.23. The summed E-state index contributed by atoms with van der Waals surface area (Å²) >= 11 is 0. The number of hydrogen-bond donors (Lipinski definition) is 3. The Hall–Kier alpha value is -1.36. The van der Waals surface area contributed by atoms with E-state index in [1.165, 1.54) is 0 Å². The molecule has 0 aliphatic heterocycles. The van der Waals surface area contributed by atoms with E-state index in [-0.39, 0.29) is 17.9 Å². The predicted molar refractivity (Wildman–Crippen MR) is 62.7 cm³/mol. The third kappa shape index (κ3) is 2.66. The van der Waals surface area contributed by atoms with Gasteiger partial charge in [0, 0.05) is 12.2 Å². The quantitative estimate of drug-likeness (QED) is 0.712. The minimum Gasteiger partial charge on any atom is -0.399 e. The summed E-state index contributed by atoms with van der Waals surface area (Å²) < 4.78 is 26.9. The van der Waals surface area contributed by atoms with Gasteiger partial charge in [0.2, 0.25) is 0 Å². The van der Waals surface area contributed by atoms with Crippen LogP contribution in [0.15, 0.2) is 12.1 Å². The van der Waals surface area contributed by atoms with Gasteiger partial charge in [0.1, 0.15) is 5.69 Å². The fourth-order valence-electron chi connectivity index (χ4n) is 2.22. The lowest BCUT2D eigenvalue weighted by atomic mass is 10.0. The van der Waals surface area contributed by atoms with Gasteiger partial charge in [-0.05, 0) is 25.0 Å². The Balaban J connectivity index is 2.08. The maximum atomic E-state index is 13.4. The van der Waals surface area contributed by atoms with Crippen LogP contribution in [0.3, 0.4) is 0 Å². The Labute approximate surface area is 98.6 Å². The number of hydrogen-bond acceptors (Lipinski definition) is 3. The molecule has 1 aliphatic carbocycles. The summed E-state index contributed by atoms with van der Waals surface area (Å²) in [7, 11) is 0. The molecular formula is C12H16F2N2O. The molecule has 1 saturated carbocycles. The van der Waals surface area contributed by atoms with E-state index < -0.39 is 17.2 Å². The van der Waals surface area contributed by atoms with Crippen LogP contribution in [-0.2, 0) is 0 Å². The lowest BCUT2D eigenvalue weighted by molar-refractivity contribution is 0.0613. The minimum absolute atomic E-state index is 0.0464. The fourth-order valence-corrected chi connectivity index (χ4v) is 2.22. The number of anilines is 2. The molecule has 0 atom stereocenters. The molecule has 17 heavy (non-hydrogen) atoms. The molecule has 4 N–H and O–H groups in total. The van der Waals surface area contributed by atoms with Crippen molar-refractivity contribution >= 4 is 11.4 Å². The van der Waals surface area contributed by atoms with Crippen molar-refractivity contribution in [2.24, 2.45) is 0 Å². The first-order chi connectivity index (χ1) is 8.00. The van der Waals surface area contributed by atoms with E-state index in [0.29, 0.717) is 12.8 Å². The van der Waals surface area contributed by atoms with E-state index in [1.54, 1.807) is 0 Å². The summed E-state index contributed by atoms with van der Waals surface area (Å²) in [6, 6.07) is 2.12. The van der Waals surface area contributed by atoms with Gasteiger partial charge < -0.3 is 16.2 Å². The van der Waals surface area contributed by atoms with Crippen molar-refractivity contribution in [1.82, 2.24) is 0 Å². The molecule has 0 radical (unpaired) electrons. The van der Waals surface area contributed by atoms with Crippen molar-refractivity contribution in [1.29, 1.82) is 0 Å². The van der Waals surface area contributed by atoms with E-state index in [0.717, 1.165) is 25.0 Å². The second kappa shape index (κ2) is 4.49. The highest BCUT2D eigenvalue weighted by Gasteiger charge is 2.31. The molecule has 94 valence electrons. The Kier molecular flexibility index (Phi) is 3.19. The highest BCUT2D eigenvalue weighted by molar-refractivity contribution is 5.54. The van der Waals surface area contributed by atoms with Gasteiger partial charge in [-0.2, -0.15) is 0 Å². The van der Waals surface area contributed by atoms with Crippen molar-refractivity contribution in [2.45, 2.75) is 31.3 Å².